The Kier molecular flexibility index (Phi) is 6.88. The Morgan fingerprint density at radius 1 is 0.444 bits per heavy atom. The number of aromatic hydroxyl groups is 1. The van der Waals surface area contributed by atoms with Gasteiger partial charge >= 0.3 is 0 Å². The molecule has 1 N–H and O–H groups in total. The Labute approximate surface area is 217 Å². The van der Waals surface area contributed by atoms with E-state index in [-0.39, 0.29) is 16.6 Å². The van der Waals surface area contributed by atoms with Gasteiger partial charge in [0.25, 0.3) is 0 Å². The number of rotatable bonds is 5. The Balaban J connectivity index is 2.06. The van der Waals surface area contributed by atoms with E-state index in [9.17, 15) is 5.11 Å². The Morgan fingerprint density at radius 3 is 1.03 bits per heavy atom. The van der Waals surface area contributed by atoms with E-state index < -0.39 is 5.41 Å². The molecule has 4 aromatic rings. The molecule has 4 aromatic carbocycles. The molecule has 0 aliphatic rings. The van der Waals surface area contributed by atoms with Gasteiger partial charge in [-0.25, -0.2) is 0 Å². The predicted octanol–water partition coefficient (Wildman–Crippen LogP) is 8.93. The van der Waals surface area contributed by atoms with E-state index in [0.29, 0.717) is 0 Å². The van der Waals surface area contributed by atoms with Gasteiger partial charge in [0.05, 0.1) is 5.41 Å². The smallest absolute Gasteiger partial charge is 0.115 e. The Morgan fingerprint density at radius 2 is 0.722 bits per heavy atom. The fraction of sp³-hybridized carbons (Fsp3) is 0.314. The van der Waals surface area contributed by atoms with E-state index in [1.807, 2.05) is 0 Å². The molecule has 0 heterocycles. The molecule has 0 aliphatic heterocycles. The number of phenols is 1. The third-order valence-electron chi connectivity index (χ3n) is 7.46. The van der Waals surface area contributed by atoms with Crippen molar-refractivity contribution in [2.45, 2.75) is 71.1 Å². The van der Waals surface area contributed by atoms with Crippen LogP contribution in [0.3, 0.4) is 0 Å². The van der Waals surface area contributed by atoms with Crippen molar-refractivity contribution in [3.8, 4) is 5.75 Å². The van der Waals surface area contributed by atoms with E-state index in [1.54, 1.807) is 12.1 Å². The number of hydrogen-bond acceptors (Lipinski definition) is 1. The lowest BCUT2D eigenvalue weighted by Gasteiger charge is -2.37. The highest BCUT2D eigenvalue weighted by Gasteiger charge is 2.38. The first-order valence-electron chi connectivity index (χ1n) is 13.1. The Hall–Kier alpha value is -3.32. The minimum atomic E-state index is -0.521. The zero-order valence-electron chi connectivity index (χ0n) is 22.9. The highest BCUT2D eigenvalue weighted by Crippen LogP contribution is 2.46. The molecular weight excluding hydrogens is 436 g/mol. The van der Waals surface area contributed by atoms with Gasteiger partial charge in [0.15, 0.2) is 0 Å². The van der Waals surface area contributed by atoms with E-state index in [0.717, 1.165) is 12.0 Å². The van der Waals surface area contributed by atoms with Crippen LogP contribution < -0.4 is 0 Å². The minimum Gasteiger partial charge on any atom is -0.508 e. The van der Waals surface area contributed by atoms with Crippen LogP contribution in [-0.2, 0) is 22.7 Å². The molecular formula is C35H40O. The first-order valence-corrected chi connectivity index (χ1v) is 13.1. The molecule has 0 saturated carbocycles. The monoisotopic (exact) mass is 476 g/mol. The van der Waals surface area contributed by atoms with Crippen LogP contribution in [0.2, 0.25) is 0 Å². The van der Waals surface area contributed by atoms with Gasteiger partial charge < -0.3 is 5.11 Å². The molecule has 1 nitrogen and oxygen atoms in total. The topological polar surface area (TPSA) is 20.2 Å². The molecule has 4 rings (SSSR count). The summed E-state index contributed by atoms with van der Waals surface area (Å²) in [5.74, 6) is 0.278. The van der Waals surface area contributed by atoms with E-state index in [4.69, 9.17) is 0 Å². The van der Waals surface area contributed by atoms with Crippen molar-refractivity contribution in [3.63, 3.8) is 0 Å². The second kappa shape index (κ2) is 9.62. The fourth-order valence-electron chi connectivity index (χ4n) is 5.14. The van der Waals surface area contributed by atoms with Crippen molar-refractivity contribution in [1.82, 2.24) is 0 Å². The molecule has 36 heavy (non-hydrogen) atoms. The van der Waals surface area contributed by atoms with Crippen LogP contribution in [0.1, 0.15) is 87.4 Å². The molecule has 0 radical (unpaired) electrons. The van der Waals surface area contributed by atoms with Gasteiger partial charge in [0.2, 0.25) is 0 Å². The van der Waals surface area contributed by atoms with Gasteiger partial charge in [0, 0.05) is 0 Å². The van der Waals surface area contributed by atoms with Gasteiger partial charge in [-0.15, -0.1) is 0 Å². The summed E-state index contributed by atoms with van der Waals surface area (Å²) in [6.45, 7) is 15.7. The molecule has 186 valence electrons. The lowest BCUT2D eigenvalue weighted by Crippen LogP contribution is -2.31. The maximum atomic E-state index is 10.2. The quantitative estimate of drug-likeness (QED) is 0.285. The summed E-state index contributed by atoms with van der Waals surface area (Å²) < 4.78 is 0. The van der Waals surface area contributed by atoms with Crippen molar-refractivity contribution in [1.29, 1.82) is 0 Å². The van der Waals surface area contributed by atoms with Crippen molar-refractivity contribution in [2.24, 2.45) is 0 Å². The summed E-state index contributed by atoms with van der Waals surface area (Å²) in [6, 6.07) is 35.0. The molecule has 1 heteroatoms. The van der Waals surface area contributed by atoms with E-state index in [1.165, 1.54) is 33.4 Å². The van der Waals surface area contributed by atoms with Crippen LogP contribution in [0.5, 0.6) is 5.75 Å². The van der Waals surface area contributed by atoms with Crippen LogP contribution in [0.15, 0.2) is 97.1 Å². The highest BCUT2D eigenvalue weighted by atomic mass is 16.3. The van der Waals surface area contributed by atoms with Crippen molar-refractivity contribution < 1.29 is 5.11 Å². The summed E-state index contributed by atoms with van der Waals surface area (Å²) in [5.41, 5.74) is 8.38. The number of aryl methyl sites for hydroxylation is 1. The van der Waals surface area contributed by atoms with Gasteiger partial charge in [0.1, 0.15) is 5.75 Å². The van der Waals surface area contributed by atoms with Crippen LogP contribution in [-0.4, -0.2) is 5.11 Å². The molecule has 0 saturated heterocycles. The molecule has 0 atom stereocenters. The van der Waals surface area contributed by atoms with Crippen molar-refractivity contribution in [3.05, 3.63) is 136 Å². The normalized spacial score (nSPS) is 12.5. The highest BCUT2D eigenvalue weighted by molar-refractivity contribution is 5.61. The SMILES string of the molecule is CCc1ccc(C(c2ccc(O)cc2)(c2ccc(C(C)(C)C)cc2)c2ccc(C(C)(C)C)cc2)cc1. The molecule has 0 amide bonds. The van der Waals surface area contributed by atoms with Crippen molar-refractivity contribution in [2.75, 3.05) is 0 Å². The van der Waals surface area contributed by atoms with Gasteiger partial charge in [-0.05, 0) is 68.3 Å². The average Bonchev–Trinajstić information content (AvgIpc) is 2.85. The zero-order chi connectivity index (χ0) is 26.1. The predicted molar refractivity (Wildman–Crippen MR) is 153 cm³/mol. The molecule has 0 aliphatic carbocycles. The average molecular weight is 477 g/mol. The third kappa shape index (κ3) is 4.85. The second-order valence-electron chi connectivity index (χ2n) is 12.0. The summed E-state index contributed by atoms with van der Waals surface area (Å²) in [7, 11) is 0. The summed E-state index contributed by atoms with van der Waals surface area (Å²) >= 11 is 0. The first-order chi connectivity index (χ1) is 17.0. The maximum absolute atomic E-state index is 10.2. The summed E-state index contributed by atoms with van der Waals surface area (Å²) in [4.78, 5) is 0. The summed E-state index contributed by atoms with van der Waals surface area (Å²) in [6.07, 6.45) is 1.01. The molecule has 0 bridgehead atoms. The van der Waals surface area contributed by atoms with Crippen LogP contribution >= 0.6 is 0 Å². The molecule has 0 aromatic heterocycles. The van der Waals surface area contributed by atoms with E-state index >= 15 is 0 Å². The molecule has 0 fully saturated rings. The van der Waals surface area contributed by atoms with Crippen molar-refractivity contribution >= 4 is 0 Å². The number of benzene rings is 4. The van der Waals surface area contributed by atoms with E-state index in [2.05, 4.69) is 133 Å². The molecule has 0 spiro atoms. The largest absolute Gasteiger partial charge is 0.508 e. The lowest BCUT2D eigenvalue weighted by atomic mass is 9.64. The molecule has 0 unspecified atom stereocenters. The zero-order valence-corrected chi connectivity index (χ0v) is 22.9. The van der Waals surface area contributed by atoms with Gasteiger partial charge in [-0.2, -0.15) is 0 Å². The van der Waals surface area contributed by atoms with Crippen LogP contribution in [0, 0.1) is 0 Å². The van der Waals surface area contributed by atoms with Crippen LogP contribution in [0.25, 0.3) is 0 Å². The van der Waals surface area contributed by atoms with Crippen LogP contribution in [0.4, 0.5) is 0 Å². The van der Waals surface area contributed by atoms with Gasteiger partial charge in [-0.3, -0.25) is 0 Å². The third-order valence-corrected chi connectivity index (χ3v) is 7.46. The summed E-state index contributed by atoms with van der Waals surface area (Å²) in [5, 5.41) is 10.2. The standard InChI is InChI=1S/C35H40O/c1-8-25-9-11-28(12-10-25)35(31-21-23-32(36)24-22-31,29-17-13-26(14-18-29)33(2,3)4)30-19-15-27(16-20-30)34(5,6)7/h9-24,36H,8H2,1-7H3. The first kappa shape index (κ1) is 25.8. The minimum absolute atomic E-state index is 0.0802. The maximum Gasteiger partial charge on any atom is 0.115 e. The lowest BCUT2D eigenvalue weighted by molar-refractivity contribution is 0.474. The number of hydrogen-bond donors (Lipinski definition) is 1. The second-order valence-corrected chi connectivity index (χ2v) is 12.0. The fourth-order valence-corrected chi connectivity index (χ4v) is 5.14. The van der Waals surface area contributed by atoms with Gasteiger partial charge in [-0.1, -0.05) is 133 Å². The Bertz CT molecular complexity index is 1220. The number of phenolic OH excluding ortho intramolecular Hbond substituents is 1.